The van der Waals surface area contributed by atoms with Gasteiger partial charge < -0.3 is 10.1 Å². The highest BCUT2D eigenvalue weighted by molar-refractivity contribution is 5.76. The van der Waals surface area contributed by atoms with Gasteiger partial charge in [0, 0.05) is 11.8 Å². The van der Waals surface area contributed by atoms with Gasteiger partial charge in [-0.25, -0.2) is 5.43 Å². The highest BCUT2D eigenvalue weighted by Crippen LogP contribution is 2.09. The molecule has 0 radical (unpaired) electrons. The fourth-order valence-corrected chi connectivity index (χ4v) is 1.18. The van der Waals surface area contributed by atoms with Crippen LogP contribution in [0.3, 0.4) is 0 Å². The van der Waals surface area contributed by atoms with E-state index in [4.69, 9.17) is 0 Å². The van der Waals surface area contributed by atoms with Crippen molar-refractivity contribution in [2.45, 2.75) is 0 Å². The van der Waals surface area contributed by atoms with Gasteiger partial charge >= 0.3 is 0 Å². The number of nitrogens with zero attached hydrogens (tertiary/aromatic N) is 1. The normalized spacial score (nSPS) is 14.0. The number of H-pyrrole nitrogens is 1. The first kappa shape index (κ1) is 9.33. The van der Waals surface area contributed by atoms with Gasteiger partial charge in [-0.2, -0.15) is 5.10 Å². The summed E-state index contributed by atoms with van der Waals surface area (Å²) in [6, 6.07) is 3.76. The van der Waals surface area contributed by atoms with E-state index >= 15 is 0 Å². The first-order valence-electron chi connectivity index (χ1n) is 4.57. The molecule has 1 aliphatic carbocycles. The number of hydrogen-bond acceptors (Lipinski definition) is 3. The number of hydrazone groups is 1. The molecule has 76 valence electrons. The Balaban J connectivity index is 1.96. The van der Waals surface area contributed by atoms with Crippen LogP contribution in [-0.4, -0.2) is 16.3 Å². The molecule has 0 aliphatic heterocycles. The molecule has 1 aliphatic rings. The lowest BCUT2D eigenvalue weighted by atomic mass is 10.3. The maximum Gasteiger partial charge on any atom is 0.212 e. The highest BCUT2D eigenvalue weighted by Gasteiger charge is 1.99. The Kier molecular flexibility index (Phi) is 2.69. The van der Waals surface area contributed by atoms with Crippen LogP contribution in [0.5, 0.6) is 0 Å². The smallest absolute Gasteiger partial charge is 0.212 e. The van der Waals surface area contributed by atoms with Gasteiger partial charge in [0.2, 0.25) is 5.88 Å². The minimum atomic E-state index is 0.0443. The molecule has 3 N–H and O–H groups in total. The van der Waals surface area contributed by atoms with Gasteiger partial charge in [-0.05, 0) is 24.3 Å². The Labute approximate surface area is 87.3 Å². The topological polar surface area (TPSA) is 60.4 Å². The molecule has 1 heterocycles. The Bertz CT molecular complexity index is 424. The third-order valence-electron chi connectivity index (χ3n) is 1.93. The molecule has 15 heavy (non-hydrogen) atoms. The van der Waals surface area contributed by atoms with Crippen molar-refractivity contribution in [3.63, 3.8) is 0 Å². The van der Waals surface area contributed by atoms with Crippen molar-refractivity contribution in [1.82, 2.24) is 10.4 Å². The molecular weight excluding hydrogens is 190 g/mol. The van der Waals surface area contributed by atoms with Gasteiger partial charge in [-0.15, -0.1) is 0 Å². The van der Waals surface area contributed by atoms with Gasteiger partial charge in [0.15, 0.2) is 0 Å². The number of rotatable bonds is 3. The first-order chi connectivity index (χ1) is 7.36. The van der Waals surface area contributed by atoms with E-state index in [0.29, 0.717) is 0 Å². The van der Waals surface area contributed by atoms with E-state index < -0.39 is 0 Å². The average molecular weight is 201 g/mol. The average Bonchev–Trinajstić information content (AvgIpc) is 2.90. The van der Waals surface area contributed by atoms with Crippen LogP contribution in [0.4, 0.5) is 0 Å². The van der Waals surface area contributed by atoms with Gasteiger partial charge in [0.1, 0.15) is 0 Å². The summed E-state index contributed by atoms with van der Waals surface area (Å²) < 4.78 is 0. The molecule has 0 unspecified atom stereocenters. The lowest BCUT2D eigenvalue weighted by Gasteiger charge is -1.99. The first-order valence-corrected chi connectivity index (χ1v) is 4.57. The van der Waals surface area contributed by atoms with E-state index in [1.54, 1.807) is 18.4 Å². The molecular formula is C11H11N3O. The van der Waals surface area contributed by atoms with Crippen LogP contribution in [-0.2, 0) is 0 Å². The van der Waals surface area contributed by atoms with Gasteiger partial charge in [-0.3, -0.25) is 0 Å². The Hall–Kier alpha value is -2.23. The second kappa shape index (κ2) is 4.32. The molecule has 1 aromatic heterocycles. The summed E-state index contributed by atoms with van der Waals surface area (Å²) in [4.78, 5) is 2.97. The van der Waals surface area contributed by atoms with E-state index in [9.17, 15) is 5.11 Å². The van der Waals surface area contributed by atoms with Gasteiger partial charge in [-0.1, -0.05) is 12.2 Å². The van der Waals surface area contributed by atoms with Crippen molar-refractivity contribution < 1.29 is 5.11 Å². The van der Waals surface area contributed by atoms with E-state index in [2.05, 4.69) is 15.5 Å². The lowest BCUT2D eigenvalue weighted by Crippen LogP contribution is -2.06. The third-order valence-corrected chi connectivity index (χ3v) is 1.93. The molecule has 0 bridgehead atoms. The number of aliphatic hydroxyl groups excluding tert-OH is 1. The fourth-order valence-electron chi connectivity index (χ4n) is 1.18. The Morgan fingerprint density at radius 2 is 2.20 bits per heavy atom. The maximum atomic E-state index is 9.52. The van der Waals surface area contributed by atoms with Crippen molar-refractivity contribution in [3.05, 3.63) is 59.8 Å². The van der Waals surface area contributed by atoms with Crippen LogP contribution in [0, 0.1) is 0 Å². The minimum absolute atomic E-state index is 0.0443. The zero-order valence-electron chi connectivity index (χ0n) is 8.01. The number of hydrogen-bond donors (Lipinski definition) is 3. The van der Waals surface area contributed by atoms with Crippen LogP contribution in [0.1, 0.15) is 5.69 Å². The number of aromatic nitrogens is 1. The van der Waals surface area contributed by atoms with Gasteiger partial charge in [0.05, 0.1) is 11.9 Å². The van der Waals surface area contributed by atoms with Crippen molar-refractivity contribution in [1.29, 1.82) is 0 Å². The van der Waals surface area contributed by atoms with Crippen LogP contribution in [0.25, 0.3) is 0 Å². The maximum absolute atomic E-state index is 9.52. The molecule has 0 saturated carbocycles. The number of allylic oxidation sites excluding steroid dienone is 5. The summed E-state index contributed by atoms with van der Waals surface area (Å²) in [6.45, 7) is 0. The predicted octanol–water partition coefficient (Wildman–Crippen LogP) is 1.83. The number of aromatic amines is 1. The Morgan fingerprint density at radius 3 is 2.87 bits per heavy atom. The molecule has 0 atom stereocenters. The monoisotopic (exact) mass is 201 g/mol. The minimum Gasteiger partial charge on any atom is -0.493 e. The number of nitrogens with one attached hydrogen (secondary N) is 2. The zero-order valence-corrected chi connectivity index (χ0v) is 8.01. The summed E-state index contributed by atoms with van der Waals surface area (Å²) in [5, 5.41) is 13.4. The van der Waals surface area contributed by atoms with Crippen LogP contribution in [0.2, 0.25) is 0 Å². The summed E-state index contributed by atoms with van der Waals surface area (Å²) in [5.41, 5.74) is 4.14. The van der Waals surface area contributed by atoms with Crippen molar-refractivity contribution in [3.8, 4) is 0 Å². The summed E-state index contributed by atoms with van der Waals surface area (Å²) in [6.07, 6.45) is 10.7. The number of aliphatic hydroxyl groups is 1. The van der Waals surface area contributed by atoms with Crippen molar-refractivity contribution in [2.24, 2.45) is 5.10 Å². The third kappa shape index (κ3) is 2.37. The molecule has 0 saturated heterocycles. The van der Waals surface area contributed by atoms with E-state index in [1.807, 2.05) is 30.5 Å². The van der Waals surface area contributed by atoms with E-state index in [-0.39, 0.29) is 5.88 Å². The van der Waals surface area contributed by atoms with E-state index in [1.165, 1.54) is 0 Å². The predicted molar refractivity (Wildman–Crippen MR) is 59.5 cm³/mol. The summed E-state index contributed by atoms with van der Waals surface area (Å²) in [7, 11) is 0. The molecule has 4 heteroatoms. The highest BCUT2D eigenvalue weighted by atomic mass is 16.3. The standard InChI is InChI=1S/C11H11N3O/c15-11(9-4-1-2-5-9)14-13-8-10-6-3-7-12-10/h1-8,12,14-15H. The van der Waals surface area contributed by atoms with Crippen LogP contribution in [0.15, 0.2) is 59.2 Å². The molecule has 4 nitrogen and oxygen atoms in total. The summed E-state index contributed by atoms with van der Waals surface area (Å²) in [5.74, 6) is 0.0443. The molecule has 1 aromatic rings. The molecule has 0 spiro atoms. The zero-order chi connectivity index (χ0) is 10.5. The van der Waals surface area contributed by atoms with E-state index in [0.717, 1.165) is 11.3 Å². The molecule has 0 aromatic carbocycles. The van der Waals surface area contributed by atoms with Crippen LogP contribution >= 0.6 is 0 Å². The molecule has 2 rings (SSSR count). The SMILES string of the molecule is OC(NN=Cc1ccc[nH]1)=C1C=CC=C1. The second-order valence-corrected chi connectivity index (χ2v) is 3.02. The second-order valence-electron chi connectivity index (χ2n) is 3.02. The quantitative estimate of drug-likeness (QED) is 0.397. The fraction of sp³-hybridized carbons (Fsp3) is 0. The lowest BCUT2D eigenvalue weighted by molar-refractivity contribution is 0.365. The summed E-state index contributed by atoms with van der Waals surface area (Å²) >= 11 is 0. The Morgan fingerprint density at radius 1 is 1.40 bits per heavy atom. The van der Waals surface area contributed by atoms with Crippen LogP contribution < -0.4 is 5.43 Å². The molecule has 0 amide bonds. The largest absolute Gasteiger partial charge is 0.493 e. The van der Waals surface area contributed by atoms with Gasteiger partial charge in [0.25, 0.3) is 0 Å². The van der Waals surface area contributed by atoms with Crippen molar-refractivity contribution >= 4 is 6.21 Å². The molecule has 0 fully saturated rings. The van der Waals surface area contributed by atoms with Crippen molar-refractivity contribution in [2.75, 3.05) is 0 Å².